The van der Waals surface area contributed by atoms with Gasteiger partial charge in [0.1, 0.15) is 18.5 Å². The van der Waals surface area contributed by atoms with Crippen LogP contribution in [0.3, 0.4) is 0 Å². The summed E-state index contributed by atoms with van der Waals surface area (Å²) in [6, 6.07) is 12.4. The molecule has 4 rings (SSSR count). The summed E-state index contributed by atoms with van der Waals surface area (Å²) in [4.78, 5) is 3.51. The number of hydrogen-bond acceptors (Lipinski definition) is 5. The first-order chi connectivity index (χ1) is 13.5. The highest BCUT2D eigenvalue weighted by molar-refractivity contribution is 9.11. The summed E-state index contributed by atoms with van der Waals surface area (Å²) < 4.78 is 13.0. The normalized spacial score (nSPS) is 25.2. The minimum Gasteiger partial charge on any atom is -0.490 e. The van der Waals surface area contributed by atoms with E-state index in [-0.39, 0.29) is 0 Å². The molecule has 0 aliphatic carbocycles. The van der Waals surface area contributed by atoms with Crippen LogP contribution in [0.15, 0.2) is 50.2 Å². The molecule has 2 atom stereocenters. The number of benzene rings is 2. The van der Waals surface area contributed by atoms with E-state index < -0.39 is 10.9 Å². The van der Waals surface area contributed by atoms with Gasteiger partial charge in [-0.1, -0.05) is 33.6 Å². The Bertz CT molecular complexity index is 842. The Balaban J connectivity index is 1.70. The molecular formula is C21H23Br2NO3S. The number of aryl methyl sites for hydroxylation is 1. The highest BCUT2D eigenvalue weighted by Gasteiger charge is 2.47. The van der Waals surface area contributed by atoms with Crippen LogP contribution in [0, 0.1) is 6.92 Å². The molecule has 2 aromatic rings. The van der Waals surface area contributed by atoms with Crippen LogP contribution in [0.4, 0.5) is 0 Å². The van der Waals surface area contributed by atoms with Gasteiger partial charge in [0.05, 0.1) is 22.4 Å². The average Bonchev–Trinajstić information content (AvgIpc) is 2.68. The van der Waals surface area contributed by atoms with Gasteiger partial charge in [-0.05, 0) is 47.1 Å². The first-order valence-electron chi connectivity index (χ1n) is 9.32. The van der Waals surface area contributed by atoms with Gasteiger partial charge < -0.3 is 14.6 Å². The maximum atomic E-state index is 11.6. The zero-order valence-electron chi connectivity index (χ0n) is 15.7. The molecule has 28 heavy (non-hydrogen) atoms. The molecule has 0 aromatic heterocycles. The molecule has 2 aliphatic rings. The summed E-state index contributed by atoms with van der Waals surface area (Å²) in [7, 11) is 0. The van der Waals surface area contributed by atoms with E-state index in [0.717, 1.165) is 58.0 Å². The molecule has 1 N–H and O–H groups in total. The lowest BCUT2D eigenvalue weighted by atomic mass is 9.91. The fraction of sp³-hybridized carbons (Fsp3) is 0.429. The Morgan fingerprint density at radius 2 is 1.89 bits per heavy atom. The minimum atomic E-state index is -0.654. The number of halogens is 2. The van der Waals surface area contributed by atoms with E-state index in [9.17, 15) is 5.11 Å². The van der Waals surface area contributed by atoms with Gasteiger partial charge >= 0.3 is 0 Å². The molecule has 4 nitrogen and oxygen atoms in total. The Morgan fingerprint density at radius 1 is 1.18 bits per heavy atom. The number of morpholine rings is 1. The molecule has 0 spiro atoms. The third kappa shape index (κ3) is 4.30. The first-order valence-corrected chi connectivity index (χ1v) is 11.7. The fourth-order valence-corrected chi connectivity index (χ4v) is 6.44. The van der Waals surface area contributed by atoms with Crippen molar-refractivity contribution in [1.29, 1.82) is 0 Å². The number of aliphatic hydroxyl groups excluding tert-OH is 1. The van der Waals surface area contributed by atoms with Crippen LogP contribution in [0.5, 0.6) is 5.75 Å². The van der Waals surface area contributed by atoms with Gasteiger partial charge in [0, 0.05) is 34.6 Å². The molecule has 0 amide bonds. The van der Waals surface area contributed by atoms with Gasteiger partial charge in [-0.15, -0.1) is 11.8 Å². The van der Waals surface area contributed by atoms with Crippen molar-refractivity contribution in [3.8, 4) is 5.75 Å². The monoisotopic (exact) mass is 527 g/mol. The Hall–Kier alpha value is -0.570. The quantitative estimate of drug-likeness (QED) is 0.616. The van der Waals surface area contributed by atoms with Crippen molar-refractivity contribution in [3.05, 3.63) is 56.5 Å². The zero-order valence-corrected chi connectivity index (χ0v) is 19.6. The SMILES string of the molecule is Cc1ccc(S[C@@]2(CN3CCOCC3)COc3c(Br)cc(Br)cc3[C@H]2O)cc1. The molecular weight excluding hydrogens is 506 g/mol. The van der Waals surface area contributed by atoms with E-state index >= 15 is 0 Å². The molecule has 1 saturated heterocycles. The molecule has 0 bridgehead atoms. The molecule has 1 fully saturated rings. The smallest absolute Gasteiger partial charge is 0.139 e. The van der Waals surface area contributed by atoms with Crippen LogP contribution in [0.25, 0.3) is 0 Å². The summed E-state index contributed by atoms with van der Waals surface area (Å²) in [5.74, 6) is 0.734. The lowest BCUT2D eigenvalue weighted by Gasteiger charge is -2.45. The van der Waals surface area contributed by atoms with Crippen molar-refractivity contribution in [1.82, 2.24) is 4.90 Å². The van der Waals surface area contributed by atoms with Gasteiger partial charge in [0.25, 0.3) is 0 Å². The van der Waals surface area contributed by atoms with Crippen molar-refractivity contribution < 1.29 is 14.6 Å². The van der Waals surface area contributed by atoms with Crippen molar-refractivity contribution >= 4 is 43.6 Å². The molecule has 0 radical (unpaired) electrons. The first kappa shape index (κ1) is 20.7. The van der Waals surface area contributed by atoms with Crippen LogP contribution >= 0.6 is 43.6 Å². The molecule has 150 valence electrons. The van der Waals surface area contributed by atoms with Crippen LogP contribution in [0.2, 0.25) is 0 Å². The third-order valence-corrected chi connectivity index (χ3v) is 7.66. The van der Waals surface area contributed by atoms with Gasteiger partial charge in [0.15, 0.2) is 0 Å². The van der Waals surface area contributed by atoms with Crippen molar-refractivity contribution in [2.45, 2.75) is 22.7 Å². The van der Waals surface area contributed by atoms with E-state index in [2.05, 4.69) is 67.9 Å². The molecule has 0 unspecified atom stereocenters. The standard InChI is InChI=1S/C21H23Br2NO3S/c1-14-2-4-16(5-3-14)28-21(12-24-6-8-26-9-7-24)13-27-19-17(20(21)25)10-15(22)11-18(19)23/h2-5,10-11,20,25H,6-9,12-13H2,1H3/t20-,21+/m1/s1. The van der Waals surface area contributed by atoms with Crippen molar-refractivity contribution in [2.24, 2.45) is 0 Å². The highest BCUT2D eigenvalue weighted by atomic mass is 79.9. The van der Waals surface area contributed by atoms with Gasteiger partial charge in [-0.2, -0.15) is 0 Å². The number of thioether (sulfide) groups is 1. The predicted octanol–water partition coefficient (Wildman–Crippen LogP) is 4.81. The minimum absolute atomic E-state index is 0.442. The van der Waals surface area contributed by atoms with E-state index in [1.165, 1.54) is 5.56 Å². The molecule has 7 heteroatoms. The number of fused-ring (bicyclic) bond motifs is 1. The number of hydrogen-bond donors (Lipinski definition) is 1. The van der Waals surface area contributed by atoms with E-state index in [1.807, 2.05) is 12.1 Å². The van der Waals surface area contributed by atoms with Crippen LogP contribution in [-0.2, 0) is 4.74 Å². The fourth-order valence-electron chi connectivity index (χ4n) is 3.72. The number of rotatable bonds is 4. The third-order valence-electron chi connectivity index (χ3n) is 5.23. The zero-order chi connectivity index (χ0) is 19.7. The summed E-state index contributed by atoms with van der Waals surface area (Å²) in [5, 5.41) is 11.6. The van der Waals surface area contributed by atoms with Crippen LogP contribution in [0.1, 0.15) is 17.2 Å². The highest BCUT2D eigenvalue weighted by Crippen LogP contribution is 2.51. The number of aliphatic hydroxyl groups is 1. The maximum absolute atomic E-state index is 11.6. The molecule has 0 saturated carbocycles. The second kappa shape index (κ2) is 8.66. The van der Waals surface area contributed by atoms with E-state index in [4.69, 9.17) is 9.47 Å². The number of ether oxygens (including phenoxy) is 2. The summed E-state index contributed by atoms with van der Waals surface area (Å²) >= 11 is 8.83. The number of nitrogens with zero attached hydrogens (tertiary/aromatic N) is 1. The lowest BCUT2D eigenvalue weighted by Crippen LogP contribution is -2.53. The average molecular weight is 529 g/mol. The van der Waals surface area contributed by atoms with Gasteiger partial charge in [-0.25, -0.2) is 0 Å². The Kier molecular flexibility index (Phi) is 6.40. The summed E-state index contributed by atoms with van der Waals surface area (Å²) in [6.07, 6.45) is -0.654. The second-order valence-corrected chi connectivity index (χ2v) is 10.6. The predicted molar refractivity (Wildman–Crippen MR) is 119 cm³/mol. The molecule has 2 aliphatic heterocycles. The van der Waals surface area contributed by atoms with E-state index in [1.54, 1.807) is 11.8 Å². The van der Waals surface area contributed by atoms with E-state index in [0.29, 0.717) is 6.61 Å². The molecule has 2 aromatic carbocycles. The maximum Gasteiger partial charge on any atom is 0.139 e. The van der Waals surface area contributed by atoms with Crippen molar-refractivity contribution in [3.63, 3.8) is 0 Å². The topological polar surface area (TPSA) is 41.9 Å². The largest absolute Gasteiger partial charge is 0.490 e. The van der Waals surface area contributed by atoms with Crippen molar-refractivity contribution in [2.75, 3.05) is 39.5 Å². The van der Waals surface area contributed by atoms with Crippen LogP contribution in [-0.4, -0.2) is 54.2 Å². The Morgan fingerprint density at radius 3 is 2.61 bits per heavy atom. The van der Waals surface area contributed by atoms with Crippen LogP contribution < -0.4 is 4.74 Å². The Labute approximate surface area is 186 Å². The lowest BCUT2D eigenvalue weighted by molar-refractivity contribution is 0.00480. The van der Waals surface area contributed by atoms with Gasteiger partial charge in [-0.3, -0.25) is 4.90 Å². The molecule has 2 heterocycles. The summed E-state index contributed by atoms with van der Waals surface area (Å²) in [5.41, 5.74) is 2.05. The van der Waals surface area contributed by atoms with Gasteiger partial charge in [0.2, 0.25) is 0 Å². The second-order valence-electron chi connectivity index (χ2n) is 7.37. The summed E-state index contributed by atoms with van der Waals surface area (Å²) in [6.45, 7) is 6.47.